The Kier molecular flexibility index (Phi) is 6.82. The van der Waals surface area contributed by atoms with E-state index in [2.05, 4.69) is 11.9 Å². The standard InChI is InChI=1S/C23H21N3O7S/c1-14-13-34-22-19(24-18(27)12-32-17-5-3-2-4-6-17)21(28)25(22)20(14)23(29)33-11-15-7-9-16(10-8-15)26(30)31/h2-10,19-20,22H,1,11-13H2,(H,24,27). The summed E-state index contributed by atoms with van der Waals surface area (Å²) in [6.45, 7) is 3.57. The van der Waals surface area contributed by atoms with E-state index in [-0.39, 0.29) is 18.9 Å². The Hall–Kier alpha value is -3.86. The number of ether oxygens (including phenoxy) is 2. The van der Waals surface area contributed by atoms with Crippen LogP contribution in [0.1, 0.15) is 5.56 Å². The van der Waals surface area contributed by atoms with Gasteiger partial charge >= 0.3 is 5.97 Å². The number of esters is 1. The Morgan fingerprint density at radius 1 is 1.18 bits per heavy atom. The Morgan fingerprint density at radius 2 is 1.88 bits per heavy atom. The average molecular weight is 484 g/mol. The molecule has 2 amide bonds. The van der Waals surface area contributed by atoms with Gasteiger partial charge in [-0.05, 0) is 35.4 Å². The van der Waals surface area contributed by atoms with Crippen LogP contribution >= 0.6 is 11.8 Å². The van der Waals surface area contributed by atoms with Gasteiger partial charge in [0.25, 0.3) is 11.6 Å². The predicted octanol–water partition coefficient (Wildman–Crippen LogP) is 2.04. The van der Waals surface area contributed by atoms with Crippen molar-refractivity contribution in [2.24, 2.45) is 0 Å². The van der Waals surface area contributed by atoms with Crippen LogP contribution in [0.3, 0.4) is 0 Å². The number of amides is 2. The molecule has 2 aromatic carbocycles. The van der Waals surface area contributed by atoms with Gasteiger partial charge in [-0.25, -0.2) is 4.79 Å². The van der Waals surface area contributed by atoms with Crippen molar-refractivity contribution in [2.45, 2.75) is 24.1 Å². The molecule has 0 saturated carbocycles. The van der Waals surface area contributed by atoms with Crippen LogP contribution in [-0.4, -0.2) is 57.4 Å². The maximum Gasteiger partial charge on any atom is 0.333 e. The molecule has 1 N–H and O–H groups in total. The van der Waals surface area contributed by atoms with E-state index in [0.717, 1.165) is 0 Å². The molecule has 0 bridgehead atoms. The number of nitrogens with one attached hydrogen (secondary N) is 1. The molecule has 2 aromatic rings. The summed E-state index contributed by atoms with van der Waals surface area (Å²) in [7, 11) is 0. The topological polar surface area (TPSA) is 128 Å². The Balaban J connectivity index is 1.32. The fourth-order valence-corrected chi connectivity index (χ4v) is 4.95. The van der Waals surface area contributed by atoms with E-state index in [4.69, 9.17) is 9.47 Å². The number of non-ortho nitro benzene ring substituents is 1. The van der Waals surface area contributed by atoms with Gasteiger partial charge in [0.1, 0.15) is 23.8 Å². The van der Waals surface area contributed by atoms with E-state index < -0.39 is 40.2 Å². The summed E-state index contributed by atoms with van der Waals surface area (Å²) in [5, 5.41) is 13.0. The van der Waals surface area contributed by atoms with Crippen molar-refractivity contribution in [3.8, 4) is 5.75 Å². The fraction of sp³-hybridized carbons (Fsp3) is 0.261. The van der Waals surface area contributed by atoms with Crippen LogP contribution in [0.4, 0.5) is 5.69 Å². The van der Waals surface area contributed by atoms with Crippen LogP contribution in [-0.2, 0) is 25.7 Å². The van der Waals surface area contributed by atoms with Crippen LogP contribution < -0.4 is 10.1 Å². The number of fused-ring (bicyclic) bond motifs is 1. The highest BCUT2D eigenvalue weighted by Gasteiger charge is 2.56. The Bertz CT molecular complexity index is 1120. The molecule has 2 fully saturated rings. The number of carbonyl (C=O) groups is 3. The summed E-state index contributed by atoms with van der Waals surface area (Å²) in [5.74, 6) is -0.510. The number of para-hydroxylation sites is 1. The van der Waals surface area contributed by atoms with Gasteiger partial charge in [-0.2, -0.15) is 0 Å². The first-order valence-corrected chi connectivity index (χ1v) is 11.4. The van der Waals surface area contributed by atoms with E-state index in [1.165, 1.54) is 40.9 Å². The molecule has 176 valence electrons. The number of β-lactam (4-membered cyclic amide) rings is 1. The lowest BCUT2D eigenvalue weighted by Crippen LogP contribution is -2.74. The summed E-state index contributed by atoms with van der Waals surface area (Å²) in [5.41, 5.74) is 1.04. The first kappa shape index (κ1) is 23.3. The first-order chi connectivity index (χ1) is 16.3. The van der Waals surface area contributed by atoms with Crippen molar-refractivity contribution < 1.29 is 28.8 Å². The zero-order valence-electron chi connectivity index (χ0n) is 17.9. The third-order valence-corrected chi connectivity index (χ3v) is 6.74. The van der Waals surface area contributed by atoms with Gasteiger partial charge in [-0.3, -0.25) is 19.7 Å². The van der Waals surface area contributed by atoms with Crippen LogP contribution in [0.5, 0.6) is 5.75 Å². The monoisotopic (exact) mass is 483 g/mol. The molecule has 0 aliphatic carbocycles. The molecule has 2 saturated heterocycles. The maximum absolute atomic E-state index is 12.8. The minimum absolute atomic E-state index is 0.0657. The van der Waals surface area contributed by atoms with Crippen molar-refractivity contribution >= 4 is 35.2 Å². The van der Waals surface area contributed by atoms with Crippen LogP contribution in [0, 0.1) is 10.1 Å². The van der Waals surface area contributed by atoms with Gasteiger partial charge < -0.3 is 19.7 Å². The molecular weight excluding hydrogens is 462 g/mol. The van der Waals surface area contributed by atoms with Crippen LogP contribution in [0.25, 0.3) is 0 Å². The summed E-state index contributed by atoms with van der Waals surface area (Å²) in [6.07, 6.45) is 0. The molecule has 0 aromatic heterocycles. The molecule has 34 heavy (non-hydrogen) atoms. The SMILES string of the molecule is C=C1CSC2C(NC(=O)COc3ccccc3)C(=O)N2C1C(=O)OCc1ccc([N+](=O)[O-])cc1. The van der Waals surface area contributed by atoms with Crippen molar-refractivity contribution in [3.63, 3.8) is 0 Å². The lowest BCUT2D eigenvalue weighted by Gasteiger charge is -2.52. The van der Waals surface area contributed by atoms with E-state index >= 15 is 0 Å². The highest BCUT2D eigenvalue weighted by Crippen LogP contribution is 2.40. The Labute approximate surface area is 199 Å². The van der Waals surface area contributed by atoms with E-state index in [9.17, 15) is 24.5 Å². The largest absolute Gasteiger partial charge is 0.484 e. The molecule has 2 aliphatic heterocycles. The quantitative estimate of drug-likeness (QED) is 0.199. The number of carbonyl (C=O) groups excluding carboxylic acids is 3. The smallest absolute Gasteiger partial charge is 0.333 e. The van der Waals surface area contributed by atoms with Crippen molar-refractivity contribution in [1.82, 2.24) is 10.2 Å². The summed E-state index contributed by atoms with van der Waals surface area (Å²) in [4.78, 5) is 49.5. The molecule has 10 nitrogen and oxygen atoms in total. The Morgan fingerprint density at radius 3 is 2.56 bits per heavy atom. The number of rotatable bonds is 8. The van der Waals surface area contributed by atoms with Gasteiger partial charge in [-0.1, -0.05) is 24.8 Å². The molecule has 2 heterocycles. The summed E-state index contributed by atoms with van der Waals surface area (Å²) in [6, 6.07) is 12.8. The normalized spacial score (nSPS) is 21.2. The molecule has 3 unspecified atom stereocenters. The van der Waals surface area contributed by atoms with Crippen molar-refractivity contribution in [1.29, 1.82) is 0 Å². The zero-order valence-corrected chi connectivity index (χ0v) is 18.7. The van der Waals surface area contributed by atoms with Crippen molar-refractivity contribution in [3.05, 3.63) is 82.4 Å². The lowest BCUT2D eigenvalue weighted by atomic mass is 9.98. The average Bonchev–Trinajstić information content (AvgIpc) is 2.85. The third-order valence-electron chi connectivity index (χ3n) is 5.37. The second kappa shape index (κ2) is 9.96. The number of nitro benzene ring substituents is 1. The lowest BCUT2D eigenvalue weighted by molar-refractivity contribution is -0.384. The first-order valence-electron chi connectivity index (χ1n) is 10.3. The molecular formula is C23H21N3O7S. The van der Waals surface area contributed by atoms with Gasteiger partial charge in [-0.15, -0.1) is 11.8 Å². The minimum atomic E-state index is -0.953. The van der Waals surface area contributed by atoms with E-state index in [0.29, 0.717) is 22.6 Å². The third kappa shape index (κ3) is 4.88. The molecule has 11 heteroatoms. The number of benzene rings is 2. The zero-order chi connectivity index (χ0) is 24.2. The maximum atomic E-state index is 12.8. The number of nitrogens with zero attached hydrogens (tertiary/aromatic N) is 2. The number of thioether (sulfide) groups is 1. The number of hydrogen-bond donors (Lipinski definition) is 1. The minimum Gasteiger partial charge on any atom is -0.484 e. The molecule has 0 spiro atoms. The summed E-state index contributed by atoms with van der Waals surface area (Å²) < 4.78 is 10.8. The molecule has 0 radical (unpaired) electrons. The predicted molar refractivity (Wildman–Crippen MR) is 123 cm³/mol. The highest BCUT2D eigenvalue weighted by atomic mass is 32.2. The van der Waals surface area contributed by atoms with E-state index in [1.54, 1.807) is 24.3 Å². The number of hydrogen-bond acceptors (Lipinski definition) is 8. The van der Waals surface area contributed by atoms with Gasteiger partial charge in [0, 0.05) is 17.9 Å². The molecule has 3 atom stereocenters. The van der Waals surface area contributed by atoms with Crippen molar-refractivity contribution in [2.75, 3.05) is 12.4 Å². The second-order valence-electron chi connectivity index (χ2n) is 7.69. The number of nitro groups is 1. The highest BCUT2D eigenvalue weighted by molar-refractivity contribution is 8.00. The molecule has 2 aliphatic rings. The summed E-state index contributed by atoms with van der Waals surface area (Å²) >= 11 is 1.41. The van der Waals surface area contributed by atoms with Gasteiger partial charge in [0.05, 0.1) is 4.92 Å². The van der Waals surface area contributed by atoms with Crippen LogP contribution in [0.15, 0.2) is 66.7 Å². The van der Waals surface area contributed by atoms with Crippen LogP contribution in [0.2, 0.25) is 0 Å². The van der Waals surface area contributed by atoms with E-state index in [1.807, 2.05) is 6.07 Å². The second-order valence-corrected chi connectivity index (χ2v) is 8.79. The van der Waals surface area contributed by atoms with Gasteiger partial charge in [0.15, 0.2) is 12.6 Å². The van der Waals surface area contributed by atoms with Gasteiger partial charge in [0.2, 0.25) is 5.91 Å². The fourth-order valence-electron chi connectivity index (χ4n) is 3.65. The molecule has 4 rings (SSSR count).